The first kappa shape index (κ1) is 16.9. The van der Waals surface area contributed by atoms with Gasteiger partial charge in [0.1, 0.15) is 6.04 Å². The lowest BCUT2D eigenvalue weighted by Crippen LogP contribution is -2.41. The first-order valence-electron chi connectivity index (χ1n) is 7.22. The summed E-state index contributed by atoms with van der Waals surface area (Å²) in [7, 11) is 1.54. The van der Waals surface area contributed by atoms with Gasteiger partial charge in [0, 0.05) is 30.9 Å². The highest BCUT2D eigenvalue weighted by molar-refractivity contribution is 7.09. The number of rotatable bonds is 4. The average Bonchev–Trinajstić information content (AvgIpc) is 3.03. The molecule has 1 N–H and O–H groups in total. The second kappa shape index (κ2) is 6.34. The van der Waals surface area contributed by atoms with Crippen LogP contribution in [0.25, 0.3) is 0 Å². The highest BCUT2D eigenvalue weighted by Gasteiger charge is 2.39. The third-order valence-electron chi connectivity index (χ3n) is 3.73. The van der Waals surface area contributed by atoms with Gasteiger partial charge in [-0.05, 0) is 0 Å². The lowest BCUT2D eigenvalue weighted by molar-refractivity contribution is -0.148. The van der Waals surface area contributed by atoms with Gasteiger partial charge in [-0.15, -0.1) is 11.3 Å². The Hall–Kier alpha value is -1.47. The number of ether oxygens (including phenoxy) is 1. The highest BCUT2D eigenvalue weighted by atomic mass is 32.1. The summed E-state index contributed by atoms with van der Waals surface area (Å²) in [6, 6.07) is -0.807. The van der Waals surface area contributed by atoms with E-state index in [-0.39, 0.29) is 23.8 Å². The largest absolute Gasteiger partial charge is 0.480 e. The zero-order valence-electron chi connectivity index (χ0n) is 13.3. The number of amides is 1. The van der Waals surface area contributed by atoms with Gasteiger partial charge in [0.05, 0.1) is 23.2 Å². The predicted octanol–water partition coefficient (Wildman–Crippen LogP) is 1.68. The second-order valence-electron chi connectivity index (χ2n) is 6.56. The Labute approximate surface area is 134 Å². The molecule has 0 saturated carbocycles. The van der Waals surface area contributed by atoms with Crippen molar-refractivity contribution in [3.63, 3.8) is 0 Å². The van der Waals surface area contributed by atoms with E-state index in [2.05, 4.69) is 25.8 Å². The van der Waals surface area contributed by atoms with E-state index in [1.165, 1.54) is 23.3 Å². The quantitative estimate of drug-likeness (QED) is 0.910. The van der Waals surface area contributed by atoms with Crippen molar-refractivity contribution in [2.75, 3.05) is 13.7 Å². The summed E-state index contributed by atoms with van der Waals surface area (Å²) >= 11 is 1.53. The molecule has 2 atom stereocenters. The minimum Gasteiger partial charge on any atom is -0.480 e. The van der Waals surface area contributed by atoms with Gasteiger partial charge in [0.2, 0.25) is 5.91 Å². The molecule has 0 radical (unpaired) electrons. The van der Waals surface area contributed by atoms with E-state index in [1.54, 1.807) is 0 Å². The first-order chi connectivity index (χ1) is 10.2. The lowest BCUT2D eigenvalue weighted by Gasteiger charge is -2.20. The molecule has 1 aromatic rings. The number of aromatic nitrogens is 1. The van der Waals surface area contributed by atoms with Crippen molar-refractivity contribution in [1.29, 1.82) is 0 Å². The first-order valence-corrected chi connectivity index (χ1v) is 8.10. The number of carboxylic acids is 1. The number of hydrogen-bond acceptors (Lipinski definition) is 5. The lowest BCUT2D eigenvalue weighted by atomic mass is 9.98. The number of carboxylic acid groups (broad SMARTS) is 1. The fraction of sp³-hybridized carbons (Fsp3) is 0.667. The van der Waals surface area contributed by atoms with Crippen LogP contribution in [0.15, 0.2) is 5.38 Å². The molecule has 7 heteroatoms. The van der Waals surface area contributed by atoms with Gasteiger partial charge in [0.15, 0.2) is 0 Å². The van der Waals surface area contributed by atoms with Crippen molar-refractivity contribution < 1.29 is 19.4 Å². The van der Waals surface area contributed by atoms with Crippen LogP contribution in [0, 0.1) is 0 Å². The zero-order chi connectivity index (χ0) is 16.5. The molecule has 0 bridgehead atoms. The van der Waals surface area contributed by atoms with Crippen molar-refractivity contribution in [2.45, 2.75) is 51.2 Å². The van der Waals surface area contributed by atoms with E-state index in [0.717, 1.165) is 5.01 Å². The molecular formula is C15H22N2O4S. The van der Waals surface area contributed by atoms with Gasteiger partial charge in [-0.2, -0.15) is 0 Å². The minimum absolute atomic E-state index is 0.0512. The van der Waals surface area contributed by atoms with Crippen LogP contribution in [0.4, 0.5) is 0 Å². The van der Waals surface area contributed by atoms with Crippen LogP contribution in [0.1, 0.15) is 37.9 Å². The molecule has 0 spiro atoms. The molecule has 1 aliphatic heterocycles. The van der Waals surface area contributed by atoms with E-state index >= 15 is 0 Å². The number of likely N-dealkylation sites (tertiary alicyclic amines) is 1. The number of thiazole rings is 1. The number of methoxy groups -OCH3 is 1. The number of hydrogen-bond donors (Lipinski definition) is 1. The Balaban J connectivity index is 2.08. The average molecular weight is 326 g/mol. The molecule has 2 unspecified atom stereocenters. The fourth-order valence-corrected chi connectivity index (χ4v) is 3.37. The summed E-state index contributed by atoms with van der Waals surface area (Å²) in [6.07, 6.45) is 0.250. The van der Waals surface area contributed by atoms with Gasteiger partial charge in [-0.25, -0.2) is 9.78 Å². The summed E-state index contributed by atoms with van der Waals surface area (Å²) in [5.74, 6) is -1.20. The fourth-order valence-electron chi connectivity index (χ4n) is 2.47. The monoisotopic (exact) mass is 326 g/mol. The second-order valence-corrected chi connectivity index (χ2v) is 7.42. The van der Waals surface area contributed by atoms with Gasteiger partial charge < -0.3 is 14.7 Å². The Bertz CT molecular complexity index is 564. The van der Waals surface area contributed by atoms with E-state index in [4.69, 9.17) is 4.74 Å². The molecule has 122 valence electrons. The summed E-state index contributed by atoms with van der Waals surface area (Å²) in [6.45, 7) is 6.53. The topological polar surface area (TPSA) is 79.7 Å². The van der Waals surface area contributed by atoms with Crippen LogP contribution in [0.3, 0.4) is 0 Å². The maximum atomic E-state index is 12.4. The molecule has 0 aromatic carbocycles. The van der Waals surface area contributed by atoms with Crippen molar-refractivity contribution in [3.05, 3.63) is 16.1 Å². The van der Waals surface area contributed by atoms with E-state index in [9.17, 15) is 14.7 Å². The molecule has 1 fully saturated rings. The van der Waals surface area contributed by atoms with Crippen LogP contribution >= 0.6 is 11.3 Å². The molecule has 22 heavy (non-hydrogen) atoms. The molecule has 1 aliphatic rings. The van der Waals surface area contributed by atoms with Crippen LogP contribution in [0.2, 0.25) is 0 Å². The van der Waals surface area contributed by atoms with Gasteiger partial charge in [0.25, 0.3) is 0 Å². The van der Waals surface area contributed by atoms with Crippen LogP contribution in [-0.4, -0.2) is 52.7 Å². The summed E-state index contributed by atoms with van der Waals surface area (Å²) < 4.78 is 5.20. The smallest absolute Gasteiger partial charge is 0.326 e. The van der Waals surface area contributed by atoms with E-state index in [0.29, 0.717) is 18.7 Å². The van der Waals surface area contributed by atoms with Crippen molar-refractivity contribution >= 4 is 23.2 Å². The molecule has 6 nitrogen and oxygen atoms in total. The summed E-state index contributed by atoms with van der Waals surface area (Å²) in [5, 5.41) is 12.1. The van der Waals surface area contributed by atoms with Crippen molar-refractivity contribution in [3.8, 4) is 0 Å². The molecule has 2 rings (SSSR count). The Kier molecular flexibility index (Phi) is 4.87. The van der Waals surface area contributed by atoms with Crippen LogP contribution in [-0.2, 0) is 26.2 Å². The normalized spacial score (nSPS) is 22.1. The van der Waals surface area contributed by atoms with Crippen LogP contribution in [0.5, 0.6) is 0 Å². The number of nitrogens with zero attached hydrogens (tertiary/aromatic N) is 2. The van der Waals surface area contributed by atoms with Crippen LogP contribution < -0.4 is 0 Å². The van der Waals surface area contributed by atoms with Gasteiger partial charge in [-0.3, -0.25) is 4.79 Å². The van der Waals surface area contributed by atoms with E-state index < -0.39 is 12.0 Å². The number of carbonyl (C=O) groups excluding carboxylic acids is 1. The molecule has 1 aromatic heterocycles. The number of aliphatic carboxylic acids is 1. The van der Waals surface area contributed by atoms with Gasteiger partial charge >= 0.3 is 5.97 Å². The summed E-state index contributed by atoms with van der Waals surface area (Å²) in [5.41, 5.74) is 0.648. The molecule has 1 saturated heterocycles. The minimum atomic E-state index is -0.985. The Morgan fingerprint density at radius 2 is 2.18 bits per heavy atom. The third kappa shape index (κ3) is 3.64. The molecule has 1 amide bonds. The molecular weight excluding hydrogens is 304 g/mol. The van der Waals surface area contributed by atoms with Crippen molar-refractivity contribution in [2.24, 2.45) is 0 Å². The predicted molar refractivity (Wildman–Crippen MR) is 83.1 cm³/mol. The van der Waals surface area contributed by atoms with E-state index in [1.807, 2.05) is 5.38 Å². The summed E-state index contributed by atoms with van der Waals surface area (Å²) in [4.78, 5) is 29.6. The Morgan fingerprint density at radius 1 is 1.50 bits per heavy atom. The number of carbonyl (C=O) groups is 2. The standard InChI is InChI=1S/C15H22N2O4S/c1-15(2,3)14-16-9(8-22-14)5-12(18)17-7-10(21-4)6-11(17)13(19)20/h8,10-11H,5-7H2,1-4H3,(H,19,20). The maximum absolute atomic E-state index is 12.4. The van der Waals surface area contributed by atoms with Crippen molar-refractivity contribution in [1.82, 2.24) is 9.88 Å². The Morgan fingerprint density at radius 3 is 2.68 bits per heavy atom. The van der Waals surface area contributed by atoms with Gasteiger partial charge in [-0.1, -0.05) is 20.8 Å². The molecule has 2 heterocycles. The highest BCUT2D eigenvalue weighted by Crippen LogP contribution is 2.26. The third-order valence-corrected chi connectivity index (χ3v) is 5.04. The SMILES string of the molecule is COC1CC(C(=O)O)N(C(=O)Cc2csc(C(C)(C)C)n2)C1. The zero-order valence-corrected chi connectivity index (χ0v) is 14.1. The maximum Gasteiger partial charge on any atom is 0.326 e. The molecule has 0 aliphatic carbocycles.